The summed E-state index contributed by atoms with van der Waals surface area (Å²) < 4.78 is 8.18. The molecule has 1 aliphatic carbocycles. The maximum Gasteiger partial charge on any atom is 0.217 e. The van der Waals surface area contributed by atoms with Crippen LogP contribution in [0.4, 0.5) is 0 Å². The highest BCUT2D eigenvalue weighted by atomic mass is 35.5. The molecule has 4 rings (SSSR count). The second kappa shape index (κ2) is 7.92. The number of aliphatic hydroxyl groups is 1. The fourth-order valence-electron chi connectivity index (χ4n) is 4.04. The van der Waals surface area contributed by atoms with Crippen molar-refractivity contribution in [2.45, 2.75) is 71.1 Å². The Morgan fingerprint density at radius 1 is 1.24 bits per heavy atom. The molecule has 0 spiro atoms. The molecule has 1 N–H and O–H groups in total. The first-order valence-electron chi connectivity index (χ1n) is 10.2. The second-order valence-corrected chi connectivity index (χ2v) is 8.85. The Kier molecular flexibility index (Phi) is 5.49. The molecule has 0 atom stereocenters. The summed E-state index contributed by atoms with van der Waals surface area (Å²) in [4.78, 5) is 13.4. The third-order valence-electron chi connectivity index (χ3n) is 5.23. The van der Waals surface area contributed by atoms with Crippen molar-refractivity contribution in [3.63, 3.8) is 0 Å². The topological polar surface area (TPSA) is 73.1 Å². The summed E-state index contributed by atoms with van der Waals surface area (Å²) >= 11 is 6.47. The van der Waals surface area contributed by atoms with Gasteiger partial charge in [0.1, 0.15) is 17.1 Å². The SMILES string of the molecule is Cc1nc(OC2CCCCC2)cc(-c2cn(CC(C)(C)O)c3ccnc(Cl)c23)n1. The zero-order chi connectivity index (χ0) is 20.6. The van der Waals surface area contributed by atoms with Crippen molar-refractivity contribution < 1.29 is 9.84 Å². The van der Waals surface area contributed by atoms with Crippen LogP contribution in [0.15, 0.2) is 24.5 Å². The highest BCUT2D eigenvalue weighted by Crippen LogP contribution is 2.35. The summed E-state index contributed by atoms with van der Waals surface area (Å²) in [7, 11) is 0. The highest BCUT2D eigenvalue weighted by Gasteiger charge is 2.21. The molecule has 3 aromatic heterocycles. The van der Waals surface area contributed by atoms with Gasteiger partial charge in [-0.1, -0.05) is 18.0 Å². The zero-order valence-electron chi connectivity index (χ0n) is 17.2. The third kappa shape index (κ3) is 4.54. The van der Waals surface area contributed by atoms with Crippen LogP contribution in [0.1, 0.15) is 51.8 Å². The van der Waals surface area contributed by atoms with Crippen molar-refractivity contribution >= 4 is 22.5 Å². The van der Waals surface area contributed by atoms with Gasteiger partial charge in [-0.25, -0.2) is 9.97 Å². The first kappa shape index (κ1) is 20.1. The average molecular weight is 415 g/mol. The van der Waals surface area contributed by atoms with Crippen LogP contribution in [0, 0.1) is 6.92 Å². The molecule has 6 nitrogen and oxygen atoms in total. The number of halogens is 1. The number of fused-ring (bicyclic) bond motifs is 1. The Bertz CT molecular complexity index is 1020. The van der Waals surface area contributed by atoms with E-state index < -0.39 is 5.60 Å². The van der Waals surface area contributed by atoms with Crippen LogP contribution in [0.2, 0.25) is 5.15 Å². The van der Waals surface area contributed by atoms with Gasteiger partial charge in [-0.3, -0.25) is 0 Å². The lowest BCUT2D eigenvalue weighted by Gasteiger charge is -2.22. The lowest BCUT2D eigenvalue weighted by molar-refractivity contribution is 0.0628. The van der Waals surface area contributed by atoms with Gasteiger partial charge in [0.05, 0.1) is 23.4 Å². The van der Waals surface area contributed by atoms with Gasteiger partial charge in [-0.15, -0.1) is 0 Å². The molecule has 154 valence electrons. The molecule has 1 fully saturated rings. The van der Waals surface area contributed by atoms with E-state index in [2.05, 4.69) is 15.0 Å². The molecule has 3 aromatic rings. The first-order chi connectivity index (χ1) is 13.8. The molecule has 0 amide bonds. The highest BCUT2D eigenvalue weighted by molar-refractivity contribution is 6.35. The summed E-state index contributed by atoms with van der Waals surface area (Å²) in [6.45, 7) is 5.87. The van der Waals surface area contributed by atoms with Crippen molar-refractivity contribution in [1.29, 1.82) is 0 Å². The molecule has 3 heterocycles. The van der Waals surface area contributed by atoms with E-state index in [-0.39, 0.29) is 6.10 Å². The van der Waals surface area contributed by atoms with Gasteiger partial charge >= 0.3 is 0 Å². The molecule has 0 unspecified atom stereocenters. The average Bonchev–Trinajstić information content (AvgIpc) is 3.00. The Hall–Kier alpha value is -2.18. The monoisotopic (exact) mass is 414 g/mol. The molecule has 1 aliphatic rings. The quantitative estimate of drug-likeness (QED) is 0.598. The number of ether oxygens (including phenoxy) is 1. The minimum absolute atomic E-state index is 0.215. The van der Waals surface area contributed by atoms with E-state index in [4.69, 9.17) is 16.3 Å². The molecule has 0 aromatic carbocycles. The number of hydrogen-bond donors (Lipinski definition) is 1. The second-order valence-electron chi connectivity index (χ2n) is 8.50. The van der Waals surface area contributed by atoms with Crippen molar-refractivity contribution in [1.82, 2.24) is 19.5 Å². The Balaban J connectivity index is 1.78. The summed E-state index contributed by atoms with van der Waals surface area (Å²) in [5.41, 5.74) is 1.66. The normalized spacial score (nSPS) is 15.8. The minimum atomic E-state index is -0.865. The van der Waals surface area contributed by atoms with Gasteiger partial charge in [0.2, 0.25) is 5.88 Å². The van der Waals surface area contributed by atoms with Crippen LogP contribution in [-0.4, -0.2) is 36.3 Å². The van der Waals surface area contributed by atoms with Gasteiger partial charge in [-0.05, 0) is 52.5 Å². The van der Waals surface area contributed by atoms with E-state index in [1.54, 1.807) is 20.0 Å². The fourth-order valence-corrected chi connectivity index (χ4v) is 4.29. The summed E-state index contributed by atoms with van der Waals surface area (Å²) in [5.74, 6) is 1.25. The van der Waals surface area contributed by atoms with E-state index in [0.29, 0.717) is 23.4 Å². The van der Waals surface area contributed by atoms with Crippen molar-refractivity contribution in [2.75, 3.05) is 0 Å². The number of aryl methyl sites for hydroxylation is 1. The fraction of sp³-hybridized carbons (Fsp3) is 0.500. The molecule has 7 heteroatoms. The third-order valence-corrected chi connectivity index (χ3v) is 5.52. The Morgan fingerprint density at radius 3 is 2.72 bits per heavy atom. The van der Waals surface area contributed by atoms with E-state index in [1.807, 2.05) is 29.8 Å². The Labute approximate surface area is 175 Å². The molecule has 0 saturated heterocycles. The van der Waals surface area contributed by atoms with Crippen molar-refractivity contribution in [3.8, 4) is 17.1 Å². The van der Waals surface area contributed by atoms with Gasteiger partial charge < -0.3 is 14.4 Å². The largest absolute Gasteiger partial charge is 0.474 e. The zero-order valence-corrected chi connectivity index (χ0v) is 17.9. The number of aromatic nitrogens is 4. The van der Waals surface area contributed by atoms with E-state index in [0.717, 1.165) is 35.0 Å². The summed E-state index contributed by atoms with van der Waals surface area (Å²) in [6, 6.07) is 3.79. The van der Waals surface area contributed by atoms with Crippen LogP contribution in [0.25, 0.3) is 22.2 Å². The molecular formula is C22H27ClN4O2. The van der Waals surface area contributed by atoms with Gasteiger partial charge in [0.15, 0.2) is 0 Å². The van der Waals surface area contributed by atoms with Crippen LogP contribution in [-0.2, 0) is 6.54 Å². The summed E-state index contributed by atoms with van der Waals surface area (Å²) in [5, 5.41) is 11.6. The number of pyridine rings is 1. The van der Waals surface area contributed by atoms with Crippen LogP contribution in [0.5, 0.6) is 5.88 Å². The molecule has 0 radical (unpaired) electrons. The van der Waals surface area contributed by atoms with Gasteiger partial charge in [0.25, 0.3) is 0 Å². The lowest BCUT2D eigenvalue weighted by Crippen LogP contribution is -2.25. The molecule has 0 bridgehead atoms. The molecule has 29 heavy (non-hydrogen) atoms. The lowest BCUT2D eigenvalue weighted by atomic mass is 9.98. The van der Waals surface area contributed by atoms with Crippen molar-refractivity contribution in [2.24, 2.45) is 0 Å². The predicted molar refractivity (Wildman–Crippen MR) is 114 cm³/mol. The maximum absolute atomic E-state index is 10.3. The van der Waals surface area contributed by atoms with Gasteiger partial charge in [-0.2, -0.15) is 4.98 Å². The van der Waals surface area contributed by atoms with E-state index >= 15 is 0 Å². The minimum Gasteiger partial charge on any atom is -0.474 e. The summed E-state index contributed by atoms with van der Waals surface area (Å²) in [6.07, 6.45) is 9.69. The number of rotatable bonds is 5. The molecule has 0 aliphatic heterocycles. The maximum atomic E-state index is 10.3. The first-order valence-corrected chi connectivity index (χ1v) is 10.6. The van der Waals surface area contributed by atoms with Crippen LogP contribution in [0.3, 0.4) is 0 Å². The van der Waals surface area contributed by atoms with Gasteiger partial charge in [0, 0.05) is 29.4 Å². The smallest absolute Gasteiger partial charge is 0.217 e. The van der Waals surface area contributed by atoms with Crippen LogP contribution >= 0.6 is 11.6 Å². The standard InChI is InChI=1S/C22H27ClN4O2/c1-14-25-17(11-19(26-14)29-15-7-5-4-6-8-15)16-12-27(13-22(2,3)28)18-9-10-24-21(23)20(16)18/h9-12,15,28H,4-8,13H2,1-3H3. The van der Waals surface area contributed by atoms with Crippen molar-refractivity contribution in [3.05, 3.63) is 35.5 Å². The van der Waals surface area contributed by atoms with Crippen LogP contribution < -0.4 is 4.74 Å². The predicted octanol–water partition coefficient (Wildman–Crippen LogP) is 4.94. The molecular weight excluding hydrogens is 388 g/mol. The number of nitrogens with zero attached hydrogens (tertiary/aromatic N) is 4. The van der Waals surface area contributed by atoms with E-state index in [1.165, 1.54) is 19.3 Å². The Morgan fingerprint density at radius 2 is 2.00 bits per heavy atom. The number of hydrogen-bond acceptors (Lipinski definition) is 5. The van der Waals surface area contributed by atoms with E-state index in [9.17, 15) is 5.11 Å². The molecule has 1 saturated carbocycles.